The first-order chi connectivity index (χ1) is 22.4. The quantitative estimate of drug-likeness (QED) is 0.211. The van der Waals surface area contributed by atoms with E-state index >= 15 is 0 Å². The molecule has 2 atom stereocenters. The van der Waals surface area contributed by atoms with Crippen molar-refractivity contribution in [3.05, 3.63) is 102 Å². The summed E-state index contributed by atoms with van der Waals surface area (Å²) in [5, 5.41) is 14.7. The summed E-state index contributed by atoms with van der Waals surface area (Å²) >= 11 is 1.40. The third kappa shape index (κ3) is 5.54. The van der Waals surface area contributed by atoms with E-state index in [0.29, 0.717) is 18.1 Å². The minimum absolute atomic E-state index is 0.0478. The number of amides is 4. The van der Waals surface area contributed by atoms with Gasteiger partial charge in [-0.05, 0) is 34.9 Å². The molecule has 234 valence electrons. The van der Waals surface area contributed by atoms with Gasteiger partial charge in [0.05, 0.1) is 41.6 Å². The van der Waals surface area contributed by atoms with Crippen molar-refractivity contribution in [2.45, 2.75) is 31.7 Å². The molecule has 3 aromatic carbocycles. The number of nitrogen functional groups attached to an aromatic ring is 1. The highest BCUT2D eigenvalue weighted by Gasteiger charge is 2.52. The zero-order chi connectivity index (χ0) is 31.8. The maximum absolute atomic E-state index is 14.3. The van der Waals surface area contributed by atoms with Crippen LogP contribution < -0.4 is 11.1 Å². The van der Waals surface area contributed by atoms with Gasteiger partial charge >= 0.3 is 6.03 Å². The summed E-state index contributed by atoms with van der Waals surface area (Å²) < 4.78 is 0.941. The molecule has 0 bridgehead atoms. The molecular formula is C33H33N9O3S. The molecule has 0 spiro atoms. The van der Waals surface area contributed by atoms with Gasteiger partial charge in [0.25, 0.3) is 0 Å². The van der Waals surface area contributed by atoms with Crippen LogP contribution in [0.5, 0.6) is 0 Å². The first kappa shape index (κ1) is 29.4. The number of thiazole rings is 1. The van der Waals surface area contributed by atoms with Crippen molar-refractivity contribution >= 4 is 55.4 Å². The molecule has 0 unspecified atom stereocenters. The number of nitrogens with two attached hydrogens (primary N) is 1. The Morgan fingerprint density at radius 1 is 1.13 bits per heavy atom. The predicted octanol–water partition coefficient (Wildman–Crippen LogP) is 3.49. The van der Waals surface area contributed by atoms with Crippen LogP contribution in [0.15, 0.2) is 85.6 Å². The summed E-state index contributed by atoms with van der Waals surface area (Å²) in [6, 6.07) is 20.2. The fraction of sp³-hybridized carbons (Fsp3) is 0.242. The number of para-hydroxylation sites is 1. The third-order valence-electron chi connectivity index (χ3n) is 8.51. The number of hydrogen-bond donors (Lipinski definition) is 3. The van der Waals surface area contributed by atoms with Crippen LogP contribution in [0.1, 0.15) is 16.7 Å². The van der Waals surface area contributed by atoms with Crippen LogP contribution in [0.2, 0.25) is 0 Å². The number of nitrogens with one attached hydrogen (secondary N) is 2. The van der Waals surface area contributed by atoms with Crippen molar-refractivity contribution in [2.75, 3.05) is 25.4 Å². The van der Waals surface area contributed by atoms with Crippen molar-refractivity contribution in [3.63, 3.8) is 0 Å². The van der Waals surface area contributed by atoms with Crippen LogP contribution in [0.3, 0.4) is 0 Å². The number of H-pyrrole nitrogens is 1. The maximum atomic E-state index is 14.3. The average molecular weight is 636 g/mol. The topological polar surface area (TPSA) is 144 Å². The third-order valence-corrected chi connectivity index (χ3v) is 9.36. The summed E-state index contributed by atoms with van der Waals surface area (Å²) in [6.45, 7) is 4.82. The highest BCUT2D eigenvalue weighted by Crippen LogP contribution is 2.32. The van der Waals surface area contributed by atoms with Crippen LogP contribution in [0.25, 0.3) is 21.1 Å². The molecule has 4 amide bonds. The van der Waals surface area contributed by atoms with E-state index in [0.717, 1.165) is 37.8 Å². The Balaban J connectivity index is 1.21. The predicted molar refractivity (Wildman–Crippen MR) is 176 cm³/mol. The molecule has 2 saturated heterocycles. The van der Waals surface area contributed by atoms with Crippen molar-refractivity contribution in [1.82, 2.24) is 40.3 Å². The largest absolute Gasteiger partial charge is 0.375 e. The number of nitrogens with zero attached hydrogens (tertiary/aromatic N) is 6. The van der Waals surface area contributed by atoms with Crippen LogP contribution >= 0.6 is 11.3 Å². The SMILES string of the molecule is C=CCN(C(=O)NCc1ccccc1)N1CC(=O)N2[C@@H](Cc3ccc4[nH]ncc4c3)C(=O)N(Cc3cccc4sc(N)nc34)C[C@@H]21. The number of benzene rings is 3. The van der Waals surface area contributed by atoms with Gasteiger partial charge in [-0.1, -0.05) is 65.9 Å². The number of hydrazine groups is 1. The molecule has 2 aromatic heterocycles. The molecule has 0 saturated carbocycles. The van der Waals surface area contributed by atoms with Gasteiger partial charge in [-0.25, -0.2) is 9.78 Å². The number of urea groups is 1. The van der Waals surface area contributed by atoms with Crippen molar-refractivity contribution in [3.8, 4) is 0 Å². The number of hydrogen-bond acceptors (Lipinski definition) is 8. The molecule has 46 heavy (non-hydrogen) atoms. The fourth-order valence-corrected chi connectivity index (χ4v) is 7.16. The lowest BCUT2D eigenvalue weighted by atomic mass is 9.99. The molecule has 7 rings (SSSR count). The van der Waals surface area contributed by atoms with Crippen LogP contribution in [-0.4, -0.2) is 84.7 Å². The summed E-state index contributed by atoms with van der Waals surface area (Å²) in [7, 11) is 0. The summed E-state index contributed by atoms with van der Waals surface area (Å²) in [6.07, 6.45) is 3.10. The standard InChI is InChI=1S/C33H33N9O3S/c1-2-13-40(33(45)35-16-21-7-4-3-5-8-21)41-20-29(43)42-26(15-22-11-12-25-24(14-22)17-36-38-25)31(44)39(19-28(41)42)18-23-9-6-10-27-30(23)37-32(34)46-27/h2-12,14,17,26,28H,1,13,15-16,18-20H2,(H2,34,37)(H,35,45)(H,36,38)/t26-,28+/m0/s1. The molecule has 0 aliphatic carbocycles. The molecule has 4 N–H and O–H groups in total. The summed E-state index contributed by atoms with van der Waals surface area (Å²) in [5.41, 5.74) is 10.4. The van der Waals surface area contributed by atoms with Crippen molar-refractivity contribution < 1.29 is 14.4 Å². The normalized spacial score (nSPS) is 18.3. The summed E-state index contributed by atoms with van der Waals surface area (Å²) in [5.74, 6) is -0.380. The van der Waals surface area contributed by atoms with E-state index in [9.17, 15) is 14.4 Å². The Bertz CT molecular complexity index is 1940. The Hall–Kier alpha value is -5.27. The molecule has 2 fully saturated rings. The number of carbonyl (C=O) groups excluding carboxylic acids is 3. The van der Waals surface area contributed by atoms with Gasteiger partial charge < -0.3 is 20.9 Å². The zero-order valence-electron chi connectivity index (χ0n) is 25.0. The van der Waals surface area contributed by atoms with Gasteiger partial charge in [0.2, 0.25) is 11.8 Å². The maximum Gasteiger partial charge on any atom is 0.332 e. The number of aromatic nitrogens is 3. The molecule has 2 aliphatic heterocycles. The molecule has 0 radical (unpaired) electrons. The Morgan fingerprint density at radius 3 is 2.80 bits per heavy atom. The average Bonchev–Trinajstić information content (AvgIpc) is 3.77. The van der Waals surface area contributed by atoms with Crippen molar-refractivity contribution in [1.29, 1.82) is 0 Å². The van der Waals surface area contributed by atoms with Gasteiger partial charge in [-0.2, -0.15) is 10.1 Å². The van der Waals surface area contributed by atoms with E-state index in [4.69, 9.17) is 5.73 Å². The lowest BCUT2D eigenvalue weighted by molar-refractivity contribution is -0.157. The van der Waals surface area contributed by atoms with Gasteiger partial charge in [0, 0.05) is 24.9 Å². The number of anilines is 1. The first-order valence-electron chi connectivity index (χ1n) is 15.0. The summed E-state index contributed by atoms with van der Waals surface area (Å²) in [4.78, 5) is 49.7. The van der Waals surface area contributed by atoms with E-state index in [1.165, 1.54) is 16.3 Å². The van der Waals surface area contributed by atoms with Gasteiger partial charge in [-0.3, -0.25) is 19.7 Å². The Morgan fingerprint density at radius 2 is 1.98 bits per heavy atom. The molecular weight excluding hydrogens is 602 g/mol. The minimum Gasteiger partial charge on any atom is -0.375 e. The lowest BCUT2D eigenvalue weighted by Crippen LogP contribution is -2.66. The Kier molecular flexibility index (Phi) is 7.84. The van der Waals surface area contributed by atoms with E-state index in [2.05, 4.69) is 27.1 Å². The van der Waals surface area contributed by atoms with E-state index in [1.54, 1.807) is 27.1 Å². The minimum atomic E-state index is -0.779. The molecule has 2 aliphatic rings. The lowest BCUT2D eigenvalue weighted by Gasteiger charge is -2.46. The zero-order valence-corrected chi connectivity index (χ0v) is 25.8. The van der Waals surface area contributed by atoms with Crippen molar-refractivity contribution in [2.24, 2.45) is 0 Å². The van der Waals surface area contributed by atoms with Crippen LogP contribution in [-0.2, 0) is 29.1 Å². The molecule has 12 nitrogen and oxygen atoms in total. The number of piperazine rings is 1. The number of carbonyl (C=O) groups is 3. The number of aromatic amines is 1. The number of fused-ring (bicyclic) bond motifs is 3. The van der Waals surface area contributed by atoms with Gasteiger partial charge in [0.15, 0.2) is 5.13 Å². The van der Waals surface area contributed by atoms with E-state index in [1.807, 2.05) is 66.7 Å². The van der Waals surface area contributed by atoms with Gasteiger partial charge in [0.1, 0.15) is 12.2 Å². The van der Waals surface area contributed by atoms with Crippen LogP contribution in [0.4, 0.5) is 9.93 Å². The van der Waals surface area contributed by atoms with E-state index in [-0.39, 0.29) is 44.0 Å². The fourth-order valence-electron chi connectivity index (χ4n) is 6.38. The highest BCUT2D eigenvalue weighted by atomic mass is 32.1. The molecule has 5 aromatic rings. The Labute approximate surface area is 269 Å². The first-order valence-corrected chi connectivity index (χ1v) is 15.8. The second-order valence-electron chi connectivity index (χ2n) is 11.4. The van der Waals surface area contributed by atoms with Gasteiger partial charge in [-0.15, -0.1) is 6.58 Å². The number of rotatable bonds is 9. The highest BCUT2D eigenvalue weighted by molar-refractivity contribution is 7.22. The monoisotopic (exact) mass is 635 g/mol. The second-order valence-corrected chi connectivity index (χ2v) is 12.5. The smallest absolute Gasteiger partial charge is 0.332 e. The molecule has 13 heteroatoms. The molecule has 4 heterocycles. The van der Waals surface area contributed by atoms with E-state index < -0.39 is 12.2 Å². The van der Waals surface area contributed by atoms with Crippen LogP contribution in [0, 0.1) is 0 Å². The second kappa shape index (κ2) is 12.3.